The van der Waals surface area contributed by atoms with Crippen molar-refractivity contribution in [2.24, 2.45) is 0 Å². The van der Waals surface area contributed by atoms with E-state index in [0.717, 1.165) is 22.9 Å². The van der Waals surface area contributed by atoms with Crippen LogP contribution in [0.5, 0.6) is 0 Å². The molecule has 0 aliphatic rings. The molecule has 1 amide bonds. The molecule has 158 valence electrons. The number of amides is 1. The van der Waals surface area contributed by atoms with Crippen LogP contribution in [0.3, 0.4) is 0 Å². The smallest absolute Gasteiger partial charge is 0.247 e. The summed E-state index contributed by atoms with van der Waals surface area (Å²) in [5.41, 5.74) is 3.88. The summed E-state index contributed by atoms with van der Waals surface area (Å²) in [6.07, 6.45) is 0. The Morgan fingerprint density at radius 2 is 1.68 bits per heavy atom. The maximum atomic E-state index is 13.3. The number of rotatable bonds is 6. The van der Waals surface area contributed by atoms with Crippen LogP contribution in [-0.2, 0) is 14.8 Å². The number of nitrogens with zero attached hydrogens (tertiary/aromatic N) is 2. The van der Waals surface area contributed by atoms with Crippen LogP contribution >= 0.6 is 11.7 Å². The summed E-state index contributed by atoms with van der Waals surface area (Å²) < 4.78 is 37.3. The van der Waals surface area contributed by atoms with Crippen molar-refractivity contribution < 1.29 is 13.2 Å². The number of carbonyl (C=O) groups is 1. The van der Waals surface area contributed by atoms with Gasteiger partial charge in [-0.3, -0.25) is 4.79 Å². The lowest BCUT2D eigenvalue weighted by Crippen LogP contribution is -2.37. The van der Waals surface area contributed by atoms with Gasteiger partial charge in [-0.15, -0.1) is 0 Å². The summed E-state index contributed by atoms with van der Waals surface area (Å²) in [6.45, 7) is 3.85. The normalized spacial score (nSPS) is 12.6. The lowest BCUT2D eigenvalue weighted by molar-refractivity contribution is -0.117. The topological polar surface area (TPSA) is 101 Å². The van der Waals surface area contributed by atoms with Crippen molar-refractivity contribution in [2.75, 3.05) is 5.32 Å². The van der Waals surface area contributed by atoms with Gasteiger partial charge in [-0.05, 0) is 48.7 Å². The summed E-state index contributed by atoms with van der Waals surface area (Å²) in [6, 6.07) is 17.9. The Morgan fingerprint density at radius 3 is 2.45 bits per heavy atom. The molecule has 9 heteroatoms. The fourth-order valence-corrected chi connectivity index (χ4v) is 5.18. The Kier molecular flexibility index (Phi) is 5.81. The first kappa shape index (κ1) is 21.1. The minimum absolute atomic E-state index is 0.0146. The largest absolute Gasteiger partial charge is 0.324 e. The zero-order valence-electron chi connectivity index (χ0n) is 16.9. The van der Waals surface area contributed by atoms with Gasteiger partial charge >= 0.3 is 0 Å². The van der Waals surface area contributed by atoms with Gasteiger partial charge in [0.15, 0.2) is 0 Å². The van der Waals surface area contributed by atoms with Crippen LogP contribution in [0.15, 0.2) is 71.6 Å². The van der Waals surface area contributed by atoms with E-state index >= 15 is 0 Å². The molecule has 0 spiro atoms. The molecule has 0 unspecified atom stereocenters. The van der Waals surface area contributed by atoms with Crippen molar-refractivity contribution >= 4 is 44.4 Å². The van der Waals surface area contributed by atoms with Crippen LogP contribution < -0.4 is 10.0 Å². The van der Waals surface area contributed by atoms with Gasteiger partial charge in [0.2, 0.25) is 15.9 Å². The molecule has 3 aromatic carbocycles. The van der Waals surface area contributed by atoms with Crippen LogP contribution in [0.2, 0.25) is 0 Å². The van der Waals surface area contributed by atoms with Crippen molar-refractivity contribution in [3.8, 4) is 0 Å². The first-order chi connectivity index (χ1) is 14.9. The van der Waals surface area contributed by atoms with Crippen molar-refractivity contribution in [3.63, 3.8) is 0 Å². The molecule has 7 nitrogen and oxygen atoms in total. The molecule has 1 atom stereocenters. The van der Waals surface area contributed by atoms with Gasteiger partial charge in [-0.1, -0.05) is 48.5 Å². The van der Waals surface area contributed by atoms with E-state index in [4.69, 9.17) is 0 Å². The van der Waals surface area contributed by atoms with Crippen LogP contribution in [0.1, 0.15) is 22.7 Å². The van der Waals surface area contributed by atoms with Crippen LogP contribution in [-0.4, -0.2) is 23.1 Å². The highest BCUT2D eigenvalue weighted by atomic mass is 32.2. The summed E-state index contributed by atoms with van der Waals surface area (Å²) in [5, 5.41) is 2.86. The second-order valence-corrected chi connectivity index (χ2v) is 9.30. The molecule has 0 fully saturated rings. The zero-order chi connectivity index (χ0) is 22.0. The van der Waals surface area contributed by atoms with Crippen molar-refractivity contribution in [1.29, 1.82) is 0 Å². The lowest BCUT2D eigenvalue weighted by atomic mass is 10.1. The Balaban J connectivity index is 1.71. The molecular weight excluding hydrogens is 432 g/mol. The summed E-state index contributed by atoms with van der Waals surface area (Å²) in [4.78, 5) is 13.2. The molecule has 1 heterocycles. The highest BCUT2D eigenvalue weighted by molar-refractivity contribution is 7.89. The highest BCUT2D eigenvalue weighted by Crippen LogP contribution is 2.25. The Morgan fingerprint density at radius 1 is 0.935 bits per heavy atom. The van der Waals surface area contributed by atoms with Crippen LogP contribution in [0.4, 0.5) is 5.69 Å². The molecule has 1 aromatic heterocycles. The number of sulfonamides is 1. The average molecular weight is 453 g/mol. The second-order valence-electron chi connectivity index (χ2n) is 7.09. The van der Waals surface area contributed by atoms with E-state index in [2.05, 4.69) is 18.8 Å². The van der Waals surface area contributed by atoms with E-state index in [1.165, 1.54) is 6.07 Å². The molecule has 0 saturated heterocycles. The third kappa shape index (κ3) is 4.34. The van der Waals surface area contributed by atoms with Crippen molar-refractivity contribution in [2.45, 2.75) is 24.8 Å². The van der Waals surface area contributed by atoms with E-state index < -0.39 is 22.0 Å². The lowest BCUT2D eigenvalue weighted by Gasteiger charge is -2.20. The van der Waals surface area contributed by atoms with E-state index in [-0.39, 0.29) is 10.4 Å². The van der Waals surface area contributed by atoms with Crippen LogP contribution in [0.25, 0.3) is 11.0 Å². The number of aryl methyl sites for hydroxylation is 1. The first-order valence-electron chi connectivity index (χ1n) is 9.52. The fraction of sp³-hybridized carbons (Fsp3) is 0.136. The number of hydrogen-bond acceptors (Lipinski definition) is 6. The van der Waals surface area contributed by atoms with E-state index in [9.17, 15) is 13.2 Å². The predicted octanol–water partition coefficient (Wildman–Crippen LogP) is 3.97. The molecule has 0 aliphatic carbocycles. The number of hydrogen-bond donors (Lipinski definition) is 2. The van der Waals surface area contributed by atoms with E-state index in [1.54, 1.807) is 48.5 Å². The number of nitrogens with one attached hydrogen (secondary N) is 2. The van der Waals surface area contributed by atoms with Gasteiger partial charge in [0.1, 0.15) is 22.0 Å². The monoisotopic (exact) mass is 452 g/mol. The zero-order valence-corrected chi connectivity index (χ0v) is 18.5. The predicted molar refractivity (Wildman–Crippen MR) is 121 cm³/mol. The maximum Gasteiger partial charge on any atom is 0.247 e. The van der Waals surface area contributed by atoms with Crippen LogP contribution in [0, 0.1) is 13.8 Å². The fourth-order valence-electron chi connectivity index (χ4n) is 3.23. The Hall–Kier alpha value is -3.14. The van der Waals surface area contributed by atoms with E-state index in [1.807, 2.05) is 26.0 Å². The molecular formula is C22H20N4O3S2. The molecule has 0 radical (unpaired) electrons. The molecule has 2 N–H and O–H groups in total. The quantitative estimate of drug-likeness (QED) is 0.461. The number of fused-ring (bicyclic) bond motifs is 1. The molecule has 0 aliphatic heterocycles. The standard InChI is InChI=1S/C22H20N4O3S2/c1-14-8-6-11-17(15(14)2)23-22(27)20(16-9-4-3-5-10-16)26-31(28,29)19-13-7-12-18-21(19)25-30-24-18/h3-13,20,26H,1-2H3,(H,23,27)/t20-/m0/s1. The Labute approximate surface area is 184 Å². The van der Waals surface area contributed by atoms with Gasteiger partial charge in [0.05, 0.1) is 11.7 Å². The molecule has 4 aromatic rings. The summed E-state index contributed by atoms with van der Waals surface area (Å²) >= 11 is 0.938. The minimum atomic E-state index is -4.07. The number of benzene rings is 3. The van der Waals surface area contributed by atoms with Gasteiger partial charge in [0.25, 0.3) is 0 Å². The van der Waals surface area contributed by atoms with Gasteiger partial charge in [0, 0.05) is 5.69 Å². The number of anilines is 1. The maximum absolute atomic E-state index is 13.3. The third-order valence-electron chi connectivity index (χ3n) is 5.07. The van der Waals surface area contributed by atoms with Gasteiger partial charge in [-0.25, -0.2) is 8.42 Å². The number of carbonyl (C=O) groups excluding carboxylic acids is 1. The third-order valence-corrected chi connectivity index (χ3v) is 7.07. The summed E-state index contributed by atoms with van der Waals surface area (Å²) in [7, 11) is -4.07. The number of aromatic nitrogens is 2. The molecule has 4 rings (SSSR count). The van der Waals surface area contributed by atoms with Crippen molar-refractivity contribution in [3.05, 3.63) is 83.4 Å². The molecule has 0 saturated carbocycles. The van der Waals surface area contributed by atoms with E-state index in [0.29, 0.717) is 16.8 Å². The minimum Gasteiger partial charge on any atom is -0.324 e. The first-order valence-corrected chi connectivity index (χ1v) is 11.7. The summed E-state index contributed by atoms with van der Waals surface area (Å²) in [5.74, 6) is -0.480. The molecule has 0 bridgehead atoms. The highest BCUT2D eigenvalue weighted by Gasteiger charge is 2.29. The SMILES string of the molecule is Cc1cccc(NC(=O)[C@@H](NS(=O)(=O)c2cccc3nsnc23)c2ccccc2)c1C. The van der Waals surface area contributed by atoms with Gasteiger partial charge in [-0.2, -0.15) is 13.5 Å². The average Bonchev–Trinajstić information content (AvgIpc) is 3.24. The second kappa shape index (κ2) is 8.54. The van der Waals surface area contributed by atoms with Crippen molar-refractivity contribution in [1.82, 2.24) is 13.5 Å². The molecule has 31 heavy (non-hydrogen) atoms. The van der Waals surface area contributed by atoms with Gasteiger partial charge < -0.3 is 5.32 Å². The Bertz CT molecular complexity index is 1350.